The van der Waals surface area contributed by atoms with E-state index in [0.717, 1.165) is 103 Å². The molecule has 320 valence electrons. The number of hydrogen-bond acceptors (Lipinski definition) is 7. The summed E-state index contributed by atoms with van der Waals surface area (Å²) in [6.07, 6.45) is 29.5. The largest absolute Gasteiger partial charge is 0.466 e. The highest BCUT2D eigenvalue weighted by Gasteiger charge is 2.16. The predicted molar refractivity (Wildman–Crippen MR) is 227 cm³/mol. The Hall–Kier alpha value is -1.83. The number of carbonyl (C=O) groups excluding carboxylic acids is 3. The third-order valence-corrected chi connectivity index (χ3v) is 10.4. The van der Waals surface area contributed by atoms with Gasteiger partial charge in [0.2, 0.25) is 0 Å². The topological polar surface area (TPSA) is 94.2 Å². The fourth-order valence-electron chi connectivity index (χ4n) is 7.28. The van der Waals surface area contributed by atoms with E-state index in [1.165, 1.54) is 77.0 Å². The number of esters is 2. The molecule has 54 heavy (non-hydrogen) atoms. The molecule has 0 aliphatic heterocycles. The third kappa shape index (κ3) is 35.8. The molecule has 0 saturated heterocycles. The summed E-state index contributed by atoms with van der Waals surface area (Å²) in [7, 11) is 0. The van der Waals surface area contributed by atoms with E-state index in [1.54, 1.807) is 0 Å². The zero-order valence-electron chi connectivity index (χ0n) is 36.9. The van der Waals surface area contributed by atoms with E-state index in [1.807, 2.05) is 20.8 Å². The molecule has 8 nitrogen and oxygen atoms in total. The van der Waals surface area contributed by atoms with Crippen LogP contribution in [0.5, 0.6) is 0 Å². The molecule has 1 N–H and O–H groups in total. The molecule has 0 atom stereocenters. The average molecular weight is 767 g/mol. The van der Waals surface area contributed by atoms with Gasteiger partial charge in [0, 0.05) is 19.4 Å². The molecule has 0 rings (SSSR count). The van der Waals surface area contributed by atoms with Gasteiger partial charge in [0.05, 0.1) is 13.2 Å². The van der Waals surface area contributed by atoms with Crippen LogP contribution in [0.4, 0.5) is 4.79 Å². The molecule has 1 amide bonds. The van der Waals surface area contributed by atoms with Crippen molar-refractivity contribution >= 4 is 18.0 Å². The molecule has 0 radical (unpaired) electrons. The van der Waals surface area contributed by atoms with Crippen molar-refractivity contribution in [3.8, 4) is 0 Å². The van der Waals surface area contributed by atoms with Crippen molar-refractivity contribution in [2.24, 2.45) is 11.8 Å². The van der Waals surface area contributed by atoms with Gasteiger partial charge in [0.25, 0.3) is 0 Å². The minimum absolute atomic E-state index is 0.0275. The number of hydrogen-bond donors (Lipinski definition) is 1. The average Bonchev–Trinajstić information content (AvgIpc) is 3.11. The number of rotatable bonds is 38. The van der Waals surface area contributed by atoms with Crippen LogP contribution in [-0.4, -0.2) is 67.9 Å². The second-order valence-electron chi connectivity index (χ2n) is 17.0. The lowest BCUT2D eigenvalue weighted by Crippen LogP contribution is -2.35. The molecule has 0 aliphatic rings. The van der Waals surface area contributed by atoms with Crippen molar-refractivity contribution in [1.29, 1.82) is 0 Å². The molecular formula is C46H90N2O6. The van der Waals surface area contributed by atoms with Crippen molar-refractivity contribution in [2.45, 2.75) is 227 Å². The second kappa shape index (κ2) is 36.8. The highest BCUT2D eigenvalue weighted by Crippen LogP contribution is 2.22. The maximum atomic E-state index is 12.4. The van der Waals surface area contributed by atoms with E-state index in [-0.39, 0.29) is 18.0 Å². The van der Waals surface area contributed by atoms with Gasteiger partial charge >= 0.3 is 18.0 Å². The lowest BCUT2D eigenvalue weighted by Gasteiger charge is -2.23. The summed E-state index contributed by atoms with van der Waals surface area (Å²) < 4.78 is 16.6. The summed E-state index contributed by atoms with van der Waals surface area (Å²) in [5, 5.41) is 2.90. The third-order valence-electron chi connectivity index (χ3n) is 10.4. The van der Waals surface area contributed by atoms with Crippen LogP contribution in [-0.2, 0) is 23.8 Å². The Morgan fingerprint density at radius 2 is 0.926 bits per heavy atom. The molecule has 8 heteroatoms. The fourth-order valence-corrected chi connectivity index (χ4v) is 7.28. The van der Waals surface area contributed by atoms with Crippen LogP contribution >= 0.6 is 0 Å². The van der Waals surface area contributed by atoms with Crippen molar-refractivity contribution in [2.75, 3.05) is 39.4 Å². The van der Waals surface area contributed by atoms with E-state index in [4.69, 9.17) is 14.2 Å². The van der Waals surface area contributed by atoms with E-state index in [0.29, 0.717) is 44.4 Å². The summed E-state index contributed by atoms with van der Waals surface area (Å²) in [5.74, 6) is 1.31. The quantitative estimate of drug-likeness (QED) is 0.0380. The number of unbranched alkanes of at least 4 members (excludes halogenated alkanes) is 12. The fraction of sp³-hybridized carbons (Fsp3) is 0.935. The smallest absolute Gasteiger partial charge is 0.407 e. The highest BCUT2D eigenvalue weighted by atomic mass is 16.6. The minimum Gasteiger partial charge on any atom is -0.466 e. The monoisotopic (exact) mass is 767 g/mol. The van der Waals surface area contributed by atoms with Crippen LogP contribution in [0.25, 0.3) is 0 Å². The Morgan fingerprint density at radius 1 is 0.500 bits per heavy atom. The van der Waals surface area contributed by atoms with Gasteiger partial charge in [-0.2, -0.15) is 0 Å². The summed E-state index contributed by atoms with van der Waals surface area (Å²) in [6, 6.07) is 0. The van der Waals surface area contributed by atoms with Gasteiger partial charge in [0.1, 0.15) is 5.60 Å². The Labute approximate surface area is 334 Å². The van der Waals surface area contributed by atoms with Gasteiger partial charge in [-0.15, -0.1) is 0 Å². The minimum atomic E-state index is -0.492. The lowest BCUT2D eigenvalue weighted by atomic mass is 9.92. The first-order chi connectivity index (χ1) is 26.0. The molecule has 0 aromatic heterocycles. The molecule has 0 bridgehead atoms. The zero-order valence-corrected chi connectivity index (χ0v) is 36.9. The summed E-state index contributed by atoms with van der Waals surface area (Å²) in [5.41, 5.74) is -0.492. The van der Waals surface area contributed by atoms with Gasteiger partial charge in [-0.25, -0.2) is 4.79 Å². The molecule has 0 unspecified atom stereocenters. The highest BCUT2D eigenvalue weighted by molar-refractivity contribution is 5.69. The molecule has 0 aromatic rings. The van der Waals surface area contributed by atoms with Crippen molar-refractivity contribution in [3.05, 3.63) is 0 Å². The van der Waals surface area contributed by atoms with E-state index >= 15 is 0 Å². The molecule has 0 aromatic carbocycles. The van der Waals surface area contributed by atoms with Gasteiger partial charge in [-0.05, 0) is 97.2 Å². The summed E-state index contributed by atoms with van der Waals surface area (Å²) in [6.45, 7) is 19.4. The number of amides is 1. The van der Waals surface area contributed by atoms with E-state index in [2.05, 4.69) is 37.9 Å². The Morgan fingerprint density at radius 3 is 1.37 bits per heavy atom. The lowest BCUT2D eigenvalue weighted by molar-refractivity contribution is -0.145. The number of nitrogens with one attached hydrogen (secondary N) is 1. The van der Waals surface area contributed by atoms with Crippen molar-refractivity contribution in [3.63, 3.8) is 0 Å². The predicted octanol–water partition coefficient (Wildman–Crippen LogP) is 12.7. The molecule has 0 heterocycles. The molecule has 0 saturated carbocycles. The van der Waals surface area contributed by atoms with Crippen LogP contribution in [0.15, 0.2) is 0 Å². The number of alkyl carbamates (subject to hydrolysis) is 1. The van der Waals surface area contributed by atoms with Crippen LogP contribution in [0.3, 0.4) is 0 Å². The van der Waals surface area contributed by atoms with Gasteiger partial charge in [-0.1, -0.05) is 143 Å². The first kappa shape index (κ1) is 52.2. The first-order valence-corrected chi connectivity index (χ1v) is 23.0. The van der Waals surface area contributed by atoms with Gasteiger partial charge in [-0.3, -0.25) is 9.59 Å². The number of nitrogens with zero attached hydrogens (tertiary/aromatic N) is 1. The Kier molecular flexibility index (Phi) is 35.5. The first-order valence-electron chi connectivity index (χ1n) is 23.0. The maximum absolute atomic E-state index is 12.4. The molecule has 0 spiro atoms. The van der Waals surface area contributed by atoms with Crippen LogP contribution < -0.4 is 5.32 Å². The van der Waals surface area contributed by atoms with Crippen molar-refractivity contribution in [1.82, 2.24) is 10.2 Å². The second-order valence-corrected chi connectivity index (χ2v) is 17.0. The number of ether oxygens (including phenoxy) is 3. The van der Waals surface area contributed by atoms with Crippen LogP contribution in [0, 0.1) is 11.8 Å². The zero-order chi connectivity index (χ0) is 40.1. The van der Waals surface area contributed by atoms with Crippen LogP contribution in [0.2, 0.25) is 0 Å². The summed E-state index contributed by atoms with van der Waals surface area (Å²) in [4.78, 5) is 39.2. The molecule has 0 fully saturated rings. The Balaban J connectivity index is 4.36. The number of carbonyl (C=O) groups is 3. The normalized spacial score (nSPS) is 11.8. The van der Waals surface area contributed by atoms with Gasteiger partial charge in [0.15, 0.2) is 0 Å². The SMILES string of the molecule is CCCCCC(CCCCC)CCOC(=O)CCCCCCCN(CCCCCCCC(=O)OCCC(CCC)CCC)CCCNC(=O)OC(C)(C)C. The van der Waals surface area contributed by atoms with Crippen molar-refractivity contribution < 1.29 is 28.6 Å². The van der Waals surface area contributed by atoms with E-state index < -0.39 is 5.60 Å². The standard InChI is InChI=1S/C46H90N2O6/c1-8-12-20-29-42(30-21-13-9-2)34-40-53-44(50)32-23-17-15-19-25-37-48(38-26-35-47-45(51)54-46(5,6)7)36-24-18-14-16-22-31-43(49)52-39-33-41(27-10-3)28-11-4/h41-42H,8-40H2,1-7H3,(H,47,51). The summed E-state index contributed by atoms with van der Waals surface area (Å²) >= 11 is 0. The molecule has 0 aliphatic carbocycles. The van der Waals surface area contributed by atoms with E-state index in [9.17, 15) is 14.4 Å². The maximum Gasteiger partial charge on any atom is 0.407 e. The molecular weight excluding hydrogens is 677 g/mol. The van der Waals surface area contributed by atoms with Gasteiger partial charge < -0.3 is 24.4 Å². The Bertz CT molecular complexity index is 860. The van der Waals surface area contributed by atoms with Crippen LogP contribution in [0.1, 0.15) is 222 Å².